The number of rotatable bonds is 9. The van der Waals surface area contributed by atoms with E-state index < -0.39 is 10.0 Å². The number of hydrogen-bond donors (Lipinski definition) is 3. The summed E-state index contributed by atoms with van der Waals surface area (Å²) in [6, 6.07) is 24.3. The maximum atomic E-state index is 12.7. The van der Waals surface area contributed by atoms with Gasteiger partial charge in [0, 0.05) is 29.0 Å². The minimum atomic E-state index is -3.70. The second-order valence-corrected chi connectivity index (χ2v) is 10.3. The molecule has 1 amide bonds. The highest BCUT2D eigenvalue weighted by molar-refractivity contribution is 7.89. The predicted molar refractivity (Wildman–Crippen MR) is 139 cm³/mol. The largest absolute Gasteiger partial charge is 0.360 e. The number of quaternary nitrogens is 1. The maximum absolute atomic E-state index is 12.7. The number of anilines is 2. The minimum absolute atomic E-state index is 0.0379. The van der Waals surface area contributed by atoms with Crippen LogP contribution < -0.4 is 19.8 Å². The molecular formula is C27H31N4O3S+. The molecule has 4 rings (SSSR count). The van der Waals surface area contributed by atoms with Gasteiger partial charge in [-0.3, -0.25) is 4.79 Å². The van der Waals surface area contributed by atoms with E-state index in [1.807, 2.05) is 30.3 Å². The summed E-state index contributed by atoms with van der Waals surface area (Å²) in [6.45, 7) is 8.79. The summed E-state index contributed by atoms with van der Waals surface area (Å²) in [6.07, 6.45) is 1.46. The van der Waals surface area contributed by atoms with Crippen LogP contribution in [0.5, 0.6) is 0 Å². The average Bonchev–Trinajstić information content (AvgIpc) is 2.89. The molecule has 0 saturated carbocycles. The van der Waals surface area contributed by atoms with Crippen molar-refractivity contribution < 1.29 is 18.1 Å². The van der Waals surface area contributed by atoms with Crippen molar-refractivity contribution >= 4 is 27.3 Å². The van der Waals surface area contributed by atoms with E-state index in [2.05, 4.69) is 45.8 Å². The first kappa shape index (κ1) is 24.7. The van der Waals surface area contributed by atoms with Crippen LogP contribution in [0.1, 0.15) is 15.9 Å². The molecular weight excluding hydrogens is 460 g/mol. The van der Waals surface area contributed by atoms with Crippen molar-refractivity contribution in [3.8, 4) is 0 Å². The number of hydrogen-bond acceptors (Lipinski definition) is 4. The Morgan fingerprint density at radius 3 is 2.37 bits per heavy atom. The highest BCUT2D eigenvalue weighted by Crippen LogP contribution is 2.19. The summed E-state index contributed by atoms with van der Waals surface area (Å²) in [5, 5.41) is 2.85. The molecule has 0 spiro atoms. The van der Waals surface area contributed by atoms with Crippen molar-refractivity contribution in [1.29, 1.82) is 0 Å². The van der Waals surface area contributed by atoms with Crippen LogP contribution in [-0.2, 0) is 16.6 Å². The van der Waals surface area contributed by atoms with Gasteiger partial charge in [-0.05, 0) is 42.5 Å². The molecule has 0 aromatic heterocycles. The van der Waals surface area contributed by atoms with Crippen molar-refractivity contribution in [2.45, 2.75) is 11.4 Å². The Labute approximate surface area is 207 Å². The summed E-state index contributed by atoms with van der Waals surface area (Å²) in [7, 11) is -3.70. The fourth-order valence-electron chi connectivity index (χ4n) is 4.16. The first-order valence-corrected chi connectivity index (χ1v) is 13.2. The Bertz CT molecular complexity index is 1250. The number of carbonyl (C=O) groups is 1. The second kappa shape index (κ2) is 11.3. The van der Waals surface area contributed by atoms with Crippen molar-refractivity contribution in [3.05, 3.63) is 103 Å². The van der Waals surface area contributed by atoms with Gasteiger partial charge in [0.25, 0.3) is 5.91 Å². The molecule has 35 heavy (non-hydrogen) atoms. The first-order chi connectivity index (χ1) is 16.9. The van der Waals surface area contributed by atoms with Crippen LogP contribution in [0.3, 0.4) is 0 Å². The van der Waals surface area contributed by atoms with Gasteiger partial charge in [0.2, 0.25) is 10.0 Å². The summed E-state index contributed by atoms with van der Waals surface area (Å²) >= 11 is 0. The monoisotopic (exact) mass is 491 g/mol. The van der Waals surface area contributed by atoms with Gasteiger partial charge < -0.3 is 15.1 Å². The standard InChI is InChI=1S/C27H30N4O3S/c1-2-15-28-35(33,34)26-10-6-9-23(20-26)27(32)29-24-11-13-25(14-12-24)31-18-16-30(17-19-31)21-22-7-4-3-5-8-22/h2-14,20,28H,1,15-19,21H2,(H,29,32)/p+1. The van der Waals surface area contributed by atoms with Crippen LogP contribution in [0.4, 0.5) is 11.4 Å². The molecule has 7 nitrogen and oxygen atoms in total. The van der Waals surface area contributed by atoms with Gasteiger partial charge in [0.1, 0.15) is 6.54 Å². The third-order valence-electron chi connectivity index (χ3n) is 6.08. The lowest BCUT2D eigenvalue weighted by atomic mass is 10.2. The van der Waals surface area contributed by atoms with Crippen molar-refractivity contribution in [1.82, 2.24) is 4.72 Å². The molecule has 1 saturated heterocycles. The zero-order valence-electron chi connectivity index (χ0n) is 19.6. The predicted octanol–water partition coefficient (Wildman–Crippen LogP) is 2.31. The third-order valence-corrected chi connectivity index (χ3v) is 7.50. The van der Waals surface area contributed by atoms with Gasteiger partial charge >= 0.3 is 0 Å². The SMILES string of the molecule is C=CCNS(=O)(=O)c1cccc(C(=O)Nc2ccc(N3CC[NH+](Cc4ccccc4)CC3)cc2)c1. The molecule has 0 radical (unpaired) electrons. The molecule has 0 aliphatic carbocycles. The quantitative estimate of drug-likeness (QED) is 0.401. The van der Waals surface area contributed by atoms with Gasteiger partial charge in [0.05, 0.1) is 31.1 Å². The zero-order chi connectivity index (χ0) is 24.7. The Hall–Kier alpha value is -3.46. The van der Waals surface area contributed by atoms with Gasteiger partial charge in [-0.15, -0.1) is 6.58 Å². The summed E-state index contributed by atoms with van der Waals surface area (Å²) in [5.41, 5.74) is 3.42. The van der Waals surface area contributed by atoms with E-state index in [0.717, 1.165) is 38.4 Å². The lowest BCUT2D eigenvalue weighted by Gasteiger charge is -2.33. The molecule has 1 aliphatic rings. The van der Waals surface area contributed by atoms with Gasteiger partial charge in [-0.1, -0.05) is 42.5 Å². The molecule has 182 valence electrons. The summed E-state index contributed by atoms with van der Waals surface area (Å²) in [5.74, 6) is -0.364. The molecule has 8 heteroatoms. The van der Waals surface area contributed by atoms with Crippen LogP contribution in [-0.4, -0.2) is 47.0 Å². The van der Waals surface area contributed by atoms with E-state index in [4.69, 9.17) is 0 Å². The Balaban J connectivity index is 1.33. The number of amides is 1. The van der Waals surface area contributed by atoms with E-state index >= 15 is 0 Å². The first-order valence-electron chi connectivity index (χ1n) is 11.7. The van der Waals surface area contributed by atoms with E-state index in [-0.39, 0.29) is 22.9 Å². The van der Waals surface area contributed by atoms with E-state index in [0.29, 0.717) is 5.69 Å². The normalized spacial score (nSPS) is 14.5. The number of piperazine rings is 1. The maximum Gasteiger partial charge on any atom is 0.255 e. The summed E-state index contributed by atoms with van der Waals surface area (Å²) < 4.78 is 27.1. The van der Waals surface area contributed by atoms with Crippen LogP contribution >= 0.6 is 0 Å². The molecule has 3 N–H and O–H groups in total. The van der Waals surface area contributed by atoms with E-state index in [1.54, 1.807) is 17.0 Å². The highest BCUT2D eigenvalue weighted by Gasteiger charge is 2.20. The topological polar surface area (TPSA) is 82.9 Å². The number of nitrogens with zero attached hydrogens (tertiary/aromatic N) is 1. The smallest absolute Gasteiger partial charge is 0.255 e. The van der Waals surface area contributed by atoms with Crippen molar-refractivity contribution in [2.75, 3.05) is 42.9 Å². The zero-order valence-corrected chi connectivity index (χ0v) is 20.4. The fourth-order valence-corrected chi connectivity index (χ4v) is 5.20. The molecule has 0 unspecified atom stereocenters. The summed E-state index contributed by atoms with van der Waals surface area (Å²) in [4.78, 5) is 16.7. The average molecular weight is 492 g/mol. The molecule has 1 fully saturated rings. The van der Waals surface area contributed by atoms with Crippen molar-refractivity contribution in [3.63, 3.8) is 0 Å². The van der Waals surface area contributed by atoms with Crippen molar-refractivity contribution in [2.24, 2.45) is 0 Å². The second-order valence-electron chi connectivity index (χ2n) is 8.57. The number of benzene rings is 3. The fraction of sp³-hybridized carbons (Fsp3) is 0.222. The lowest BCUT2D eigenvalue weighted by Crippen LogP contribution is -3.13. The molecule has 3 aromatic carbocycles. The van der Waals surface area contributed by atoms with Crippen LogP contribution in [0.2, 0.25) is 0 Å². The van der Waals surface area contributed by atoms with E-state index in [1.165, 1.54) is 23.8 Å². The van der Waals surface area contributed by atoms with E-state index in [9.17, 15) is 13.2 Å². The van der Waals surface area contributed by atoms with Gasteiger partial charge in [-0.25, -0.2) is 13.1 Å². The van der Waals surface area contributed by atoms with Crippen LogP contribution in [0, 0.1) is 0 Å². The number of sulfonamides is 1. The van der Waals surface area contributed by atoms with Crippen LogP contribution in [0.15, 0.2) is 96.4 Å². The van der Waals surface area contributed by atoms with Gasteiger partial charge in [0.15, 0.2) is 0 Å². The van der Waals surface area contributed by atoms with Crippen LogP contribution in [0.25, 0.3) is 0 Å². The number of carbonyl (C=O) groups excluding carboxylic acids is 1. The molecule has 0 bridgehead atoms. The third kappa shape index (κ3) is 6.57. The minimum Gasteiger partial charge on any atom is -0.360 e. The molecule has 1 heterocycles. The highest BCUT2D eigenvalue weighted by atomic mass is 32.2. The molecule has 1 aliphatic heterocycles. The van der Waals surface area contributed by atoms with Gasteiger partial charge in [-0.2, -0.15) is 0 Å². The molecule has 3 aromatic rings. The molecule has 0 atom stereocenters. The Morgan fingerprint density at radius 1 is 0.971 bits per heavy atom. The number of nitrogens with one attached hydrogen (secondary N) is 3. The lowest BCUT2D eigenvalue weighted by molar-refractivity contribution is -0.914. The Morgan fingerprint density at radius 2 is 1.69 bits per heavy atom. The Kier molecular flexibility index (Phi) is 7.97.